The van der Waals surface area contributed by atoms with Gasteiger partial charge in [-0.25, -0.2) is 0 Å². The van der Waals surface area contributed by atoms with Crippen LogP contribution in [-0.2, 0) is 0 Å². The Balaban J connectivity index is 0.00000161. The number of hydrogen-bond acceptors (Lipinski definition) is 4. The van der Waals surface area contributed by atoms with Gasteiger partial charge in [0.25, 0.3) is 5.91 Å². The van der Waals surface area contributed by atoms with Gasteiger partial charge in [0, 0.05) is 26.2 Å². The van der Waals surface area contributed by atoms with Crippen LogP contribution >= 0.6 is 12.4 Å². The number of fused-ring (bicyclic) bond motifs is 1. The highest BCUT2D eigenvalue weighted by molar-refractivity contribution is 5.96. The minimum Gasteiger partial charge on any atom is -0.463 e. The summed E-state index contributed by atoms with van der Waals surface area (Å²) in [5.74, 6) is -0.238. The number of nitrogens with zero attached hydrogens (tertiary/aromatic N) is 2. The molecular formula is C15H17ClN2O3. The van der Waals surface area contributed by atoms with Crippen molar-refractivity contribution in [3.8, 4) is 0 Å². The number of carbonyl (C=O) groups is 1. The van der Waals surface area contributed by atoms with E-state index in [-0.39, 0.29) is 29.3 Å². The Kier molecular flexibility index (Phi) is 4.65. The third-order valence-electron chi connectivity index (χ3n) is 3.70. The second-order valence-corrected chi connectivity index (χ2v) is 5.07. The van der Waals surface area contributed by atoms with E-state index in [0.29, 0.717) is 24.1 Å². The van der Waals surface area contributed by atoms with Crippen molar-refractivity contribution in [2.45, 2.75) is 0 Å². The van der Waals surface area contributed by atoms with Gasteiger partial charge in [0.1, 0.15) is 17.4 Å². The van der Waals surface area contributed by atoms with E-state index in [1.807, 2.05) is 7.05 Å². The number of carbonyl (C=O) groups excluding carboxylic acids is 1. The molecule has 5 nitrogen and oxygen atoms in total. The quantitative estimate of drug-likeness (QED) is 0.803. The van der Waals surface area contributed by atoms with E-state index in [2.05, 4.69) is 4.90 Å². The summed E-state index contributed by atoms with van der Waals surface area (Å²) in [7, 11) is 2.02. The molecule has 1 saturated heterocycles. The minimum absolute atomic E-state index is 0. The van der Waals surface area contributed by atoms with E-state index >= 15 is 0 Å². The zero-order valence-electron chi connectivity index (χ0n) is 11.7. The number of likely N-dealkylation sites (N-methyl/N-ethyl adjacent to an activating group) is 1. The molecule has 112 valence electrons. The van der Waals surface area contributed by atoms with Crippen LogP contribution in [0.3, 0.4) is 0 Å². The molecule has 1 aliphatic heterocycles. The summed E-state index contributed by atoms with van der Waals surface area (Å²) in [6.07, 6.45) is 1.28. The maximum absolute atomic E-state index is 12.4. The Morgan fingerprint density at radius 2 is 1.81 bits per heavy atom. The fraction of sp³-hybridized carbons (Fsp3) is 0.333. The average molecular weight is 309 g/mol. The molecule has 0 aliphatic carbocycles. The highest BCUT2D eigenvalue weighted by atomic mass is 35.5. The summed E-state index contributed by atoms with van der Waals surface area (Å²) in [5.41, 5.74) is 0.372. The average Bonchev–Trinajstić information content (AvgIpc) is 2.48. The summed E-state index contributed by atoms with van der Waals surface area (Å²) in [5, 5.41) is 0.451. The Bertz CT molecular complexity index is 705. The van der Waals surface area contributed by atoms with E-state index < -0.39 is 0 Å². The van der Waals surface area contributed by atoms with Crippen molar-refractivity contribution >= 4 is 29.3 Å². The molecule has 0 unspecified atom stereocenters. The largest absolute Gasteiger partial charge is 0.463 e. The van der Waals surface area contributed by atoms with Crippen LogP contribution in [-0.4, -0.2) is 48.9 Å². The Labute approximate surface area is 128 Å². The van der Waals surface area contributed by atoms with Gasteiger partial charge < -0.3 is 14.2 Å². The molecule has 0 bridgehead atoms. The number of para-hydroxylation sites is 1. The molecule has 0 saturated carbocycles. The van der Waals surface area contributed by atoms with Gasteiger partial charge in [-0.1, -0.05) is 12.1 Å². The van der Waals surface area contributed by atoms with Gasteiger partial charge in [-0.3, -0.25) is 9.59 Å². The molecule has 1 aromatic carbocycles. The molecule has 6 heteroatoms. The van der Waals surface area contributed by atoms with E-state index in [9.17, 15) is 9.59 Å². The fourth-order valence-electron chi connectivity index (χ4n) is 2.41. The number of piperazine rings is 1. The molecule has 0 N–H and O–H groups in total. The molecule has 1 amide bonds. The van der Waals surface area contributed by atoms with Crippen molar-refractivity contribution in [1.29, 1.82) is 0 Å². The van der Waals surface area contributed by atoms with Gasteiger partial charge >= 0.3 is 0 Å². The van der Waals surface area contributed by atoms with Gasteiger partial charge in [0.15, 0.2) is 0 Å². The summed E-state index contributed by atoms with van der Waals surface area (Å²) in [6.45, 7) is 2.93. The SMILES string of the molecule is CN1CCN(C(=O)c2coc3ccccc3c2=O)CC1.Cl. The number of amides is 1. The highest BCUT2D eigenvalue weighted by Gasteiger charge is 2.23. The topological polar surface area (TPSA) is 53.8 Å². The zero-order chi connectivity index (χ0) is 14.1. The molecular weight excluding hydrogens is 292 g/mol. The molecule has 2 aromatic rings. The van der Waals surface area contributed by atoms with Crippen molar-refractivity contribution in [3.63, 3.8) is 0 Å². The lowest BCUT2D eigenvalue weighted by Crippen LogP contribution is -2.48. The predicted molar refractivity (Wildman–Crippen MR) is 83.1 cm³/mol. The number of hydrogen-bond donors (Lipinski definition) is 0. The third-order valence-corrected chi connectivity index (χ3v) is 3.70. The first-order chi connectivity index (χ1) is 9.66. The van der Waals surface area contributed by atoms with E-state index in [1.54, 1.807) is 29.2 Å². The van der Waals surface area contributed by atoms with Crippen LogP contribution in [0.4, 0.5) is 0 Å². The first kappa shape index (κ1) is 15.5. The maximum Gasteiger partial charge on any atom is 0.261 e. The van der Waals surface area contributed by atoms with Gasteiger partial charge in [-0.2, -0.15) is 0 Å². The van der Waals surface area contributed by atoms with Crippen molar-refractivity contribution in [2.75, 3.05) is 33.2 Å². The lowest BCUT2D eigenvalue weighted by atomic mass is 10.1. The van der Waals surface area contributed by atoms with Crippen molar-refractivity contribution < 1.29 is 9.21 Å². The van der Waals surface area contributed by atoms with E-state index in [1.165, 1.54) is 6.26 Å². The van der Waals surface area contributed by atoms with Crippen LogP contribution in [0.15, 0.2) is 39.7 Å². The Hall–Kier alpha value is -1.85. The molecule has 21 heavy (non-hydrogen) atoms. The lowest BCUT2D eigenvalue weighted by Gasteiger charge is -2.32. The monoisotopic (exact) mass is 308 g/mol. The van der Waals surface area contributed by atoms with Gasteiger partial charge in [0.05, 0.1) is 5.39 Å². The van der Waals surface area contributed by atoms with Crippen molar-refractivity contribution in [1.82, 2.24) is 9.80 Å². The van der Waals surface area contributed by atoms with Gasteiger partial charge in [-0.05, 0) is 19.2 Å². The van der Waals surface area contributed by atoms with Crippen LogP contribution < -0.4 is 5.43 Å². The minimum atomic E-state index is -0.254. The number of rotatable bonds is 1. The second-order valence-electron chi connectivity index (χ2n) is 5.07. The zero-order valence-corrected chi connectivity index (χ0v) is 12.6. The van der Waals surface area contributed by atoms with Crippen LogP contribution in [0.25, 0.3) is 11.0 Å². The number of benzene rings is 1. The number of halogens is 1. The van der Waals surface area contributed by atoms with E-state index in [4.69, 9.17) is 4.42 Å². The Morgan fingerprint density at radius 3 is 2.52 bits per heavy atom. The lowest BCUT2D eigenvalue weighted by molar-refractivity contribution is 0.0661. The normalized spacial score (nSPS) is 15.8. The van der Waals surface area contributed by atoms with Crippen molar-refractivity contribution in [2.24, 2.45) is 0 Å². The molecule has 1 aromatic heterocycles. The predicted octanol–water partition coefficient (Wildman–Crippen LogP) is 1.60. The first-order valence-electron chi connectivity index (χ1n) is 6.65. The fourth-order valence-corrected chi connectivity index (χ4v) is 2.41. The third kappa shape index (κ3) is 2.94. The summed E-state index contributed by atoms with van der Waals surface area (Å²) < 4.78 is 5.40. The molecule has 2 heterocycles. The first-order valence-corrected chi connectivity index (χ1v) is 6.65. The summed E-state index contributed by atoms with van der Waals surface area (Å²) in [4.78, 5) is 28.6. The molecule has 3 rings (SSSR count). The molecule has 1 aliphatic rings. The van der Waals surface area contributed by atoms with Crippen LogP contribution in [0, 0.1) is 0 Å². The van der Waals surface area contributed by atoms with Crippen molar-refractivity contribution in [3.05, 3.63) is 46.3 Å². The van der Waals surface area contributed by atoms with Crippen LogP contribution in [0.2, 0.25) is 0 Å². The molecule has 1 fully saturated rings. The van der Waals surface area contributed by atoms with E-state index in [0.717, 1.165) is 13.1 Å². The van der Waals surface area contributed by atoms with Crippen LogP contribution in [0.5, 0.6) is 0 Å². The standard InChI is InChI=1S/C15H16N2O3.ClH/c1-16-6-8-17(9-7-16)15(19)12-10-20-13-5-3-2-4-11(13)14(12)18;/h2-5,10H,6-9H2,1H3;1H. The highest BCUT2D eigenvalue weighted by Crippen LogP contribution is 2.12. The Morgan fingerprint density at radius 1 is 1.14 bits per heavy atom. The smallest absolute Gasteiger partial charge is 0.261 e. The molecule has 0 spiro atoms. The second kappa shape index (κ2) is 6.28. The summed E-state index contributed by atoms with van der Waals surface area (Å²) in [6, 6.07) is 6.97. The maximum atomic E-state index is 12.4. The summed E-state index contributed by atoms with van der Waals surface area (Å²) >= 11 is 0. The van der Waals surface area contributed by atoms with Gasteiger partial charge in [0.2, 0.25) is 5.43 Å². The van der Waals surface area contributed by atoms with Gasteiger partial charge in [-0.15, -0.1) is 12.4 Å². The van der Waals surface area contributed by atoms with Crippen LogP contribution in [0.1, 0.15) is 10.4 Å². The molecule has 0 radical (unpaired) electrons. The molecule has 0 atom stereocenters.